The van der Waals surface area contributed by atoms with Gasteiger partial charge in [0.05, 0.1) is 22.9 Å². The number of thioether (sulfide) groups is 1. The maximum absolute atomic E-state index is 13.2. The maximum atomic E-state index is 13.2. The molecular formula is C20H31N3O3S2Si. The number of rotatable bonds is 7. The van der Waals surface area contributed by atoms with E-state index in [-0.39, 0.29) is 40.7 Å². The molecule has 2 aromatic rings. The van der Waals surface area contributed by atoms with Gasteiger partial charge in [-0.1, -0.05) is 27.7 Å². The third kappa shape index (κ3) is 4.06. The summed E-state index contributed by atoms with van der Waals surface area (Å²) < 4.78 is 8.36. The lowest BCUT2D eigenvalue weighted by Gasteiger charge is -2.46. The van der Waals surface area contributed by atoms with E-state index in [2.05, 4.69) is 44.2 Å². The number of nitrogens with one attached hydrogen (secondary N) is 1. The van der Waals surface area contributed by atoms with Gasteiger partial charge in [-0.15, -0.1) is 23.1 Å². The molecule has 0 bridgehead atoms. The second-order valence-corrected chi connectivity index (χ2v) is 15.9. The van der Waals surface area contributed by atoms with Crippen molar-refractivity contribution in [3.8, 4) is 0 Å². The van der Waals surface area contributed by atoms with E-state index in [1.807, 2.05) is 30.7 Å². The number of Topliss-reactive ketones (excluding diaryl/α,β-unsaturated/α-hetero) is 1. The van der Waals surface area contributed by atoms with Crippen LogP contribution >= 0.6 is 23.1 Å². The van der Waals surface area contributed by atoms with Crippen LogP contribution in [0.2, 0.25) is 18.1 Å². The number of nitrogens with zero attached hydrogens (tertiary/aromatic N) is 2. The molecule has 3 rings (SSSR count). The molecule has 1 aliphatic rings. The number of carbonyl (C=O) groups is 2. The van der Waals surface area contributed by atoms with E-state index in [4.69, 9.17) is 4.43 Å². The smallest absolute Gasteiger partial charge is 0.228 e. The van der Waals surface area contributed by atoms with Crippen LogP contribution in [0, 0.1) is 11.8 Å². The number of fused-ring (bicyclic) bond motifs is 1. The number of ketones is 1. The molecular weight excluding hydrogens is 422 g/mol. The second kappa shape index (κ2) is 7.83. The van der Waals surface area contributed by atoms with Gasteiger partial charge in [-0.25, -0.2) is 4.98 Å². The molecule has 1 N–H and O–H groups in total. The van der Waals surface area contributed by atoms with Gasteiger partial charge in [0.2, 0.25) is 5.91 Å². The molecule has 1 aliphatic heterocycles. The van der Waals surface area contributed by atoms with Crippen LogP contribution in [-0.2, 0) is 9.22 Å². The highest BCUT2D eigenvalue weighted by Crippen LogP contribution is 2.40. The number of imidazole rings is 1. The maximum Gasteiger partial charge on any atom is 0.228 e. The van der Waals surface area contributed by atoms with E-state index >= 15 is 0 Å². The Kier molecular flexibility index (Phi) is 6.08. The Morgan fingerprint density at radius 2 is 2.03 bits per heavy atom. The molecule has 0 radical (unpaired) electrons. The van der Waals surface area contributed by atoms with E-state index in [9.17, 15) is 9.59 Å². The fraction of sp³-hybridized carbons (Fsp3) is 0.650. The molecule has 160 valence electrons. The minimum Gasteiger partial charge on any atom is -0.413 e. The molecule has 0 spiro atoms. The SMILES string of the molecule is CSc1ncn2cc(C(=O)[C@@H](C)[C@H]3NC(=O)[C@@H]3[C@@H](C)O[Si](C)(C)C(C)(C)C)sc12. The minimum atomic E-state index is -2.00. The van der Waals surface area contributed by atoms with Gasteiger partial charge in [0.25, 0.3) is 0 Å². The Balaban J connectivity index is 1.75. The summed E-state index contributed by atoms with van der Waals surface area (Å²) in [5, 5.41) is 3.95. The number of thiazole rings is 1. The van der Waals surface area contributed by atoms with Crippen LogP contribution in [0.4, 0.5) is 0 Å². The first-order chi connectivity index (χ1) is 13.4. The van der Waals surface area contributed by atoms with Crippen molar-refractivity contribution >= 4 is 47.9 Å². The van der Waals surface area contributed by atoms with Gasteiger partial charge < -0.3 is 9.74 Å². The fourth-order valence-electron chi connectivity index (χ4n) is 3.49. The first kappa shape index (κ1) is 22.5. The van der Waals surface area contributed by atoms with E-state index in [1.54, 1.807) is 18.1 Å². The zero-order chi connectivity index (χ0) is 21.7. The molecule has 0 aromatic carbocycles. The number of amides is 1. The van der Waals surface area contributed by atoms with Crippen molar-refractivity contribution in [1.29, 1.82) is 0 Å². The van der Waals surface area contributed by atoms with Crippen molar-refractivity contribution in [1.82, 2.24) is 14.7 Å². The number of hydrogen-bond acceptors (Lipinski definition) is 6. The molecule has 6 nitrogen and oxygen atoms in total. The van der Waals surface area contributed by atoms with Gasteiger partial charge in [-0.05, 0) is 31.3 Å². The molecule has 1 fully saturated rings. The number of hydrogen-bond donors (Lipinski definition) is 1. The van der Waals surface area contributed by atoms with Crippen LogP contribution in [0.15, 0.2) is 17.6 Å². The lowest BCUT2D eigenvalue weighted by atomic mass is 9.77. The normalized spacial score (nSPS) is 22.3. The third-order valence-corrected chi connectivity index (χ3v) is 12.9. The lowest BCUT2D eigenvalue weighted by Crippen LogP contribution is -2.66. The van der Waals surface area contributed by atoms with Crippen molar-refractivity contribution in [3.05, 3.63) is 17.4 Å². The largest absolute Gasteiger partial charge is 0.413 e. The zero-order valence-electron chi connectivity index (χ0n) is 18.4. The number of β-lactam (4-membered cyclic amide) rings is 1. The van der Waals surface area contributed by atoms with Crippen molar-refractivity contribution < 1.29 is 14.0 Å². The van der Waals surface area contributed by atoms with Crippen LogP contribution < -0.4 is 5.32 Å². The Hall–Kier alpha value is -1.16. The number of carbonyl (C=O) groups excluding carboxylic acids is 2. The number of aromatic nitrogens is 2. The molecule has 29 heavy (non-hydrogen) atoms. The monoisotopic (exact) mass is 453 g/mol. The summed E-state index contributed by atoms with van der Waals surface area (Å²) in [6, 6.07) is -0.200. The first-order valence-electron chi connectivity index (χ1n) is 9.90. The summed E-state index contributed by atoms with van der Waals surface area (Å²) in [6.07, 6.45) is 5.35. The van der Waals surface area contributed by atoms with E-state index < -0.39 is 8.32 Å². The topological polar surface area (TPSA) is 72.7 Å². The fourth-order valence-corrected chi connectivity index (χ4v) is 6.74. The Bertz CT molecular complexity index is 931. The Morgan fingerprint density at radius 3 is 2.59 bits per heavy atom. The molecule has 0 unspecified atom stereocenters. The third-order valence-electron chi connectivity index (χ3n) is 6.36. The molecule has 3 heterocycles. The van der Waals surface area contributed by atoms with Crippen molar-refractivity contribution in [2.24, 2.45) is 11.8 Å². The second-order valence-electron chi connectivity index (χ2n) is 9.36. The molecule has 2 aromatic heterocycles. The average Bonchev–Trinajstić information content (AvgIpc) is 3.16. The molecule has 0 saturated carbocycles. The standard InChI is InChI=1S/C20H31N3O3S2Si/c1-11(16(24)13-9-23-10-21-18(27-6)19(23)28-13)15-14(17(25)22-15)12(2)26-29(7,8)20(3,4)5/h9-12,14-15H,1-8H3,(H,22,25)/t11-,12+,14+,15+/m0/s1. The molecule has 1 amide bonds. The quantitative estimate of drug-likeness (QED) is 0.290. The summed E-state index contributed by atoms with van der Waals surface area (Å²) in [5.74, 6) is -0.566. The Morgan fingerprint density at radius 1 is 1.38 bits per heavy atom. The van der Waals surface area contributed by atoms with Crippen LogP contribution in [0.1, 0.15) is 44.3 Å². The zero-order valence-corrected chi connectivity index (χ0v) is 21.0. The van der Waals surface area contributed by atoms with E-state index in [0.29, 0.717) is 4.88 Å². The summed E-state index contributed by atoms with van der Waals surface area (Å²) >= 11 is 3.03. The van der Waals surface area contributed by atoms with Crippen molar-refractivity contribution in [2.75, 3.05) is 6.26 Å². The van der Waals surface area contributed by atoms with Crippen LogP contribution in [0.5, 0.6) is 0 Å². The van der Waals surface area contributed by atoms with E-state index in [0.717, 1.165) is 9.86 Å². The van der Waals surface area contributed by atoms with Gasteiger partial charge in [0, 0.05) is 12.1 Å². The van der Waals surface area contributed by atoms with Crippen molar-refractivity contribution in [3.63, 3.8) is 0 Å². The highest BCUT2D eigenvalue weighted by Gasteiger charge is 2.50. The lowest BCUT2D eigenvalue weighted by molar-refractivity contribution is -0.141. The minimum absolute atomic E-state index is 0.0194. The summed E-state index contributed by atoms with van der Waals surface area (Å²) in [7, 11) is -2.00. The summed E-state index contributed by atoms with van der Waals surface area (Å²) in [5.41, 5.74) is 0. The predicted octanol–water partition coefficient (Wildman–Crippen LogP) is 4.46. The first-order valence-corrected chi connectivity index (χ1v) is 14.8. The summed E-state index contributed by atoms with van der Waals surface area (Å²) in [6.45, 7) is 14.8. The highest BCUT2D eigenvalue weighted by molar-refractivity contribution is 7.98. The summed E-state index contributed by atoms with van der Waals surface area (Å²) in [4.78, 5) is 31.5. The highest BCUT2D eigenvalue weighted by atomic mass is 32.2. The van der Waals surface area contributed by atoms with Crippen molar-refractivity contribution in [2.45, 2.75) is 69.9 Å². The average molecular weight is 454 g/mol. The van der Waals surface area contributed by atoms with Gasteiger partial charge in [-0.2, -0.15) is 0 Å². The molecule has 4 atom stereocenters. The van der Waals surface area contributed by atoms with Crippen LogP contribution in [0.3, 0.4) is 0 Å². The van der Waals surface area contributed by atoms with Gasteiger partial charge >= 0.3 is 0 Å². The Labute approximate surface area is 181 Å². The molecule has 0 aliphatic carbocycles. The van der Waals surface area contributed by atoms with E-state index in [1.165, 1.54) is 11.3 Å². The van der Waals surface area contributed by atoms with Gasteiger partial charge in [0.15, 0.2) is 14.1 Å². The van der Waals surface area contributed by atoms with Crippen LogP contribution in [-0.4, -0.2) is 47.8 Å². The molecule has 9 heteroatoms. The van der Waals surface area contributed by atoms with Crippen LogP contribution in [0.25, 0.3) is 4.83 Å². The predicted molar refractivity (Wildman–Crippen MR) is 122 cm³/mol. The van der Waals surface area contributed by atoms with Gasteiger partial charge in [-0.3, -0.25) is 14.0 Å². The van der Waals surface area contributed by atoms with Gasteiger partial charge in [0.1, 0.15) is 16.2 Å². The molecule has 1 saturated heterocycles.